The molecule has 0 unspecified atom stereocenters. The first-order chi connectivity index (χ1) is 20.4. The number of benzene rings is 3. The van der Waals surface area contributed by atoms with Crippen molar-refractivity contribution >= 4 is 33.9 Å². The summed E-state index contributed by atoms with van der Waals surface area (Å²) in [6, 6.07) is 18.7. The van der Waals surface area contributed by atoms with E-state index in [-0.39, 0.29) is 17.5 Å². The lowest BCUT2D eigenvalue weighted by atomic mass is 9.97. The molecule has 3 aromatic carbocycles. The highest BCUT2D eigenvalue weighted by Gasteiger charge is 2.22. The maximum atomic E-state index is 11.9. The second-order valence-electron chi connectivity index (χ2n) is 11.3. The van der Waals surface area contributed by atoms with Gasteiger partial charge in [-0.1, -0.05) is 30.3 Å². The zero-order valence-corrected chi connectivity index (χ0v) is 23.8. The van der Waals surface area contributed by atoms with E-state index in [2.05, 4.69) is 22.0 Å². The van der Waals surface area contributed by atoms with E-state index in [4.69, 9.17) is 4.99 Å². The molecule has 2 aliphatic rings. The average molecular weight is 566 g/mol. The molecule has 4 aromatic rings. The van der Waals surface area contributed by atoms with Crippen LogP contribution in [0.15, 0.2) is 65.7 Å². The number of hydrogen-bond donors (Lipinski definition) is 2. The van der Waals surface area contributed by atoms with Crippen molar-refractivity contribution in [3.63, 3.8) is 0 Å². The first kappa shape index (κ1) is 27.7. The molecule has 216 valence electrons. The maximum absolute atomic E-state index is 11.9. The summed E-state index contributed by atoms with van der Waals surface area (Å²) in [5, 5.41) is 23.2. The Morgan fingerprint density at radius 2 is 1.81 bits per heavy atom. The Kier molecular flexibility index (Phi) is 7.75. The minimum absolute atomic E-state index is 0.0562. The van der Waals surface area contributed by atoms with Crippen molar-refractivity contribution in [3.05, 3.63) is 98.6 Å². The van der Waals surface area contributed by atoms with Gasteiger partial charge < -0.3 is 19.9 Å². The lowest BCUT2D eigenvalue weighted by Gasteiger charge is -2.28. The van der Waals surface area contributed by atoms with Crippen molar-refractivity contribution in [1.29, 1.82) is 0 Å². The minimum atomic E-state index is -0.436. The number of carbonyl (C=O) groups excluding carboxylic acids is 1. The van der Waals surface area contributed by atoms with E-state index >= 15 is 0 Å². The smallest absolute Gasteiger partial charge is 0.270 e. The number of nitro benzene ring substituents is 1. The topological polar surface area (TPSA) is 115 Å². The van der Waals surface area contributed by atoms with Crippen LogP contribution in [0.2, 0.25) is 0 Å². The molecule has 0 aliphatic carbocycles. The number of hydrogen-bond acceptors (Lipinski definition) is 6. The van der Waals surface area contributed by atoms with Crippen LogP contribution in [0.4, 0.5) is 11.4 Å². The summed E-state index contributed by atoms with van der Waals surface area (Å²) in [5.41, 5.74) is 6.49. The molecule has 0 atom stereocenters. The monoisotopic (exact) mass is 565 g/mol. The van der Waals surface area contributed by atoms with Crippen LogP contribution in [0, 0.1) is 10.1 Å². The Balaban J connectivity index is 1.37. The van der Waals surface area contributed by atoms with Crippen LogP contribution >= 0.6 is 0 Å². The molecule has 42 heavy (non-hydrogen) atoms. The molecule has 3 heterocycles. The fourth-order valence-electron chi connectivity index (χ4n) is 6.13. The van der Waals surface area contributed by atoms with Gasteiger partial charge in [0.1, 0.15) is 0 Å². The molecule has 1 amide bonds. The minimum Gasteiger partial charge on any atom is -0.494 e. The third-order valence-electron chi connectivity index (χ3n) is 8.46. The molecule has 0 bridgehead atoms. The van der Waals surface area contributed by atoms with Gasteiger partial charge in [0.2, 0.25) is 5.91 Å². The Bertz CT molecular complexity index is 1670. The summed E-state index contributed by atoms with van der Waals surface area (Å²) in [6.07, 6.45) is 5.41. The van der Waals surface area contributed by atoms with Crippen molar-refractivity contribution < 1.29 is 14.8 Å². The molecule has 6 rings (SSSR count). The van der Waals surface area contributed by atoms with Gasteiger partial charge in [0.05, 0.1) is 21.9 Å². The number of nitro groups is 1. The Morgan fingerprint density at radius 3 is 2.55 bits per heavy atom. The number of non-ortho nitro benzene ring substituents is 1. The van der Waals surface area contributed by atoms with Gasteiger partial charge in [0.15, 0.2) is 5.88 Å². The number of H-pyrrole nitrogens is 1. The molecule has 0 radical (unpaired) electrons. The van der Waals surface area contributed by atoms with Gasteiger partial charge in [-0.25, -0.2) is 4.99 Å². The van der Waals surface area contributed by atoms with Crippen LogP contribution in [0.5, 0.6) is 5.88 Å². The Labute approximate surface area is 244 Å². The molecule has 9 nitrogen and oxygen atoms in total. The predicted molar refractivity (Wildman–Crippen MR) is 164 cm³/mol. The van der Waals surface area contributed by atoms with Crippen LogP contribution in [-0.2, 0) is 24.2 Å². The van der Waals surface area contributed by atoms with Crippen molar-refractivity contribution in [2.45, 2.75) is 45.6 Å². The SMILES string of the molecule is CC(=O)N1CCc2cc(N=C(c3ccc(CCCN4CCCC4)cc3)c3c(O)[nH]c4ccc([N+](=O)[O-])cc34)ccc2C1. The normalized spacial score (nSPS) is 15.7. The highest BCUT2D eigenvalue weighted by molar-refractivity contribution is 6.22. The molecule has 1 aromatic heterocycles. The van der Waals surface area contributed by atoms with Gasteiger partial charge in [-0.05, 0) is 86.6 Å². The number of nitrogens with zero attached hydrogens (tertiary/aromatic N) is 4. The number of likely N-dealkylation sites (tertiary alicyclic amines) is 1. The average Bonchev–Trinajstić information content (AvgIpc) is 3.62. The number of aliphatic imine (C=N–C) groups is 1. The number of amides is 1. The van der Waals surface area contributed by atoms with E-state index < -0.39 is 4.92 Å². The third-order valence-corrected chi connectivity index (χ3v) is 8.46. The van der Waals surface area contributed by atoms with Gasteiger partial charge in [-0.15, -0.1) is 0 Å². The molecule has 2 N–H and O–H groups in total. The highest BCUT2D eigenvalue weighted by atomic mass is 16.6. The second kappa shape index (κ2) is 11.8. The first-order valence-electron chi connectivity index (χ1n) is 14.6. The van der Waals surface area contributed by atoms with E-state index in [1.807, 2.05) is 35.2 Å². The standard InChI is InChI=1S/C33H35N5O4/c1-22(39)37-18-14-25-19-27(11-10-26(25)21-37)34-32(31-29-20-28(38(41)42)12-13-30(29)35-33(31)40)24-8-6-23(7-9-24)5-4-17-36-15-2-3-16-36/h6-13,19-20,35,40H,2-5,14-18,21H2,1H3. The second-order valence-corrected chi connectivity index (χ2v) is 11.3. The molecular formula is C33H35N5O4. The fourth-order valence-corrected chi connectivity index (χ4v) is 6.13. The predicted octanol–water partition coefficient (Wildman–Crippen LogP) is 5.88. The Morgan fingerprint density at radius 1 is 1.02 bits per heavy atom. The number of fused-ring (bicyclic) bond motifs is 2. The Hall–Kier alpha value is -4.50. The van der Waals surface area contributed by atoms with Gasteiger partial charge in [0, 0.05) is 48.6 Å². The number of nitrogens with one attached hydrogen (secondary N) is 1. The number of aromatic hydroxyl groups is 1. The summed E-state index contributed by atoms with van der Waals surface area (Å²) in [6.45, 7) is 6.33. The third kappa shape index (κ3) is 5.78. The highest BCUT2D eigenvalue weighted by Crippen LogP contribution is 2.34. The largest absolute Gasteiger partial charge is 0.494 e. The van der Waals surface area contributed by atoms with Gasteiger partial charge in [-0.2, -0.15) is 0 Å². The summed E-state index contributed by atoms with van der Waals surface area (Å²) in [4.78, 5) is 35.4. The molecule has 2 aliphatic heterocycles. The number of aryl methyl sites for hydroxylation is 1. The molecule has 0 spiro atoms. The van der Waals surface area contributed by atoms with Crippen LogP contribution in [-0.4, -0.2) is 62.6 Å². The van der Waals surface area contributed by atoms with Crippen molar-refractivity contribution in [2.24, 2.45) is 4.99 Å². The van der Waals surface area contributed by atoms with E-state index in [0.29, 0.717) is 41.0 Å². The lowest BCUT2D eigenvalue weighted by Crippen LogP contribution is -2.34. The molecule has 9 heteroatoms. The lowest BCUT2D eigenvalue weighted by molar-refractivity contribution is -0.384. The van der Waals surface area contributed by atoms with E-state index in [9.17, 15) is 20.0 Å². The summed E-state index contributed by atoms with van der Waals surface area (Å²) < 4.78 is 0. The maximum Gasteiger partial charge on any atom is 0.270 e. The van der Waals surface area contributed by atoms with Crippen LogP contribution in [0.1, 0.15) is 54.0 Å². The molecule has 0 saturated carbocycles. The van der Waals surface area contributed by atoms with Crippen molar-refractivity contribution in [2.75, 3.05) is 26.2 Å². The van der Waals surface area contributed by atoms with E-state index in [0.717, 1.165) is 42.5 Å². The van der Waals surface area contributed by atoms with Crippen LogP contribution in [0.3, 0.4) is 0 Å². The number of aromatic amines is 1. The first-order valence-corrected chi connectivity index (χ1v) is 14.6. The number of aromatic nitrogens is 1. The van der Waals surface area contributed by atoms with Crippen LogP contribution < -0.4 is 0 Å². The molecular weight excluding hydrogens is 530 g/mol. The van der Waals surface area contributed by atoms with Gasteiger partial charge in [-0.3, -0.25) is 14.9 Å². The molecule has 1 saturated heterocycles. The number of carbonyl (C=O) groups is 1. The van der Waals surface area contributed by atoms with Gasteiger partial charge in [0.25, 0.3) is 5.69 Å². The fraction of sp³-hybridized carbons (Fsp3) is 0.333. The summed E-state index contributed by atoms with van der Waals surface area (Å²) in [7, 11) is 0. The zero-order valence-electron chi connectivity index (χ0n) is 23.8. The molecule has 1 fully saturated rings. The van der Waals surface area contributed by atoms with Gasteiger partial charge >= 0.3 is 0 Å². The van der Waals surface area contributed by atoms with E-state index in [1.165, 1.54) is 43.6 Å². The van der Waals surface area contributed by atoms with Crippen molar-refractivity contribution in [3.8, 4) is 5.88 Å². The quantitative estimate of drug-likeness (QED) is 0.157. The van der Waals surface area contributed by atoms with E-state index in [1.54, 1.807) is 13.0 Å². The summed E-state index contributed by atoms with van der Waals surface area (Å²) in [5.74, 6) is -0.0255. The van der Waals surface area contributed by atoms with Crippen LogP contribution in [0.25, 0.3) is 10.9 Å². The zero-order chi connectivity index (χ0) is 29.2. The number of rotatable bonds is 8. The summed E-state index contributed by atoms with van der Waals surface area (Å²) >= 11 is 0. The van der Waals surface area contributed by atoms with Crippen molar-refractivity contribution in [1.82, 2.24) is 14.8 Å².